The van der Waals surface area contributed by atoms with Gasteiger partial charge < -0.3 is 0 Å². The molecule has 2 aromatic rings. The van der Waals surface area contributed by atoms with E-state index < -0.39 is 0 Å². The lowest BCUT2D eigenvalue weighted by Gasteiger charge is -2.11. The predicted octanol–water partition coefficient (Wildman–Crippen LogP) is 3.75. The van der Waals surface area contributed by atoms with E-state index in [0.29, 0.717) is 0 Å². The summed E-state index contributed by atoms with van der Waals surface area (Å²) in [7, 11) is 0.726. The first-order valence-electron chi connectivity index (χ1n) is 6.22. The molecule has 0 nitrogen and oxygen atoms in total. The maximum atomic E-state index is 3.59. The molecule has 0 aromatic heterocycles. The fourth-order valence-electron chi connectivity index (χ4n) is 1.97. The molecule has 0 heterocycles. The molecule has 3 heteroatoms. The Labute approximate surface area is 134 Å². The van der Waals surface area contributed by atoms with E-state index in [2.05, 4.69) is 82.1 Å². The molecule has 0 aliphatic rings. The van der Waals surface area contributed by atoms with E-state index in [9.17, 15) is 0 Å². The number of aryl methyl sites for hydroxylation is 1. The van der Waals surface area contributed by atoms with E-state index in [1.54, 1.807) is 0 Å². The van der Waals surface area contributed by atoms with Crippen LogP contribution in [0.3, 0.4) is 0 Å². The maximum Gasteiger partial charge on any atom is 0.122 e. The molecule has 0 unspecified atom stereocenters. The van der Waals surface area contributed by atoms with Crippen molar-refractivity contribution < 1.29 is 0 Å². The second-order valence-corrected chi connectivity index (χ2v) is 7.08. The van der Waals surface area contributed by atoms with E-state index in [1.165, 1.54) is 32.6 Å². The first-order chi connectivity index (χ1) is 9.15. The summed E-state index contributed by atoms with van der Waals surface area (Å²) in [5.41, 5.74) is 5.54. The molecule has 0 aliphatic carbocycles. The molecule has 0 N–H and O–H groups in total. The highest BCUT2D eigenvalue weighted by atomic mass is 79.9. The maximum absolute atomic E-state index is 3.59. The molecule has 2 radical (unpaired) electrons. The fourth-order valence-corrected chi connectivity index (χ4v) is 4.51. The van der Waals surface area contributed by atoms with Crippen LogP contribution in [0, 0.1) is 13.8 Å². The number of alkyl halides is 2. The zero-order valence-corrected chi connectivity index (χ0v) is 15.3. The van der Waals surface area contributed by atoms with Gasteiger partial charge in [0.1, 0.15) is 9.52 Å². The molecule has 0 atom stereocenters. The van der Waals surface area contributed by atoms with Gasteiger partial charge in [-0.15, -0.1) is 0 Å². The van der Waals surface area contributed by atoms with Crippen molar-refractivity contribution in [3.63, 3.8) is 0 Å². The van der Waals surface area contributed by atoms with Gasteiger partial charge in [0.2, 0.25) is 0 Å². The van der Waals surface area contributed by atoms with Crippen LogP contribution in [-0.4, -0.2) is 9.52 Å². The van der Waals surface area contributed by atoms with Crippen molar-refractivity contribution in [1.82, 2.24) is 0 Å². The lowest BCUT2D eigenvalue weighted by molar-refractivity contribution is 1.36. The summed E-state index contributed by atoms with van der Waals surface area (Å²) in [6, 6.07) is 13.4. The van der Waals surface area contributed by atoms with Gasteiger partial charge in [-0.2, -0.15) is 0 Å². The Bertz CT molecular complexity index is 579. The normalized spacial score (nSPS) is 10.7. The molecule has 98 valence electrons. The molecule has 19 heavy (non-hydrogen) atoms. The molecule has 0 saturated heterocycles. The first kappa shape index (κ1) is 15.0. The van der Waals surface area contributed by atoms with Crippen molar-refractivity contribution in [2.45, 2.75) is 24.5 Å². The minimum atomic E-state index is 0.726. The van der Waals surface area contributed by atoms with E-state index in [0.717, 1.165) is 20.2 Å². The number of rotatable bonds is 4. The molecule has 0 bridgehead atoms. The fraction of sp³-hybridized carbons (Fsp3) is 0.250. The van der Waals surface area contributed by atoms with Gasteiger partial charge in [-0.05, 0) is 36.1 Å². The molecule has 0 saturated carbocycles. The second-order valence-electron chi connectivity index (χ2n) is 4.63. The Hall–Kier alpha value is -0.383. The van der Waals surface area contributed by atoms with Crippen molar-refractivity contribution >= 4 is 51.8 Å². The third-order valence-corrected chi connectivity index (χ3v) is 6.14. The van der Waals surface area contributed by atoms with E-state index in [-0.39, 0.29) is 0 Å². The Morgan fingerprint density at radius 3 is 2.42 bits per heavy atom. The summed E-state index contributed by atoms with van der Waals surface area (Å²) in [5, 5.41) is 4.74. The standard InChI is InChI=1S/C16H16Br2Si/c1-11-4-3-5-15(12(11)2)19-16-8-13(9-17)6-7-14(16)10-18/h3-8H,9-10H2,1-2H3. The average Bonchev–Trinajstić information content (AvgIpc) is 2.43. The number of hydrogen-bond donors (Lipinski definition) is 0. The van der Waals surface area contributed by atoms with Crippen molar-refractivity contribution in [3.8, 4) is 0 Å². The van der Waals surface area contributed by atoms with Gasteiger partial charge in [-0.25, -0.2) is 0 Å². The summed E-state index contributed by atoms with van der Waals surface area (Å²) >= 11 is 7.13. The lowest BCUT2D eigenvalue weighted by atomic mass is 10.1. The van der Waals surface area contributed by atoms with Crippen molar-refractivity contribution in [3.05, 3.63) is 58.7 Å². The highest BCUT2D eigenvalue weighted by molar-refractivity contribution is 9.08. The summed E-state index contributed by atoms with van der Waals surface area (Å²) in [6.45, 7) is 4.41. The van der Waals surface area contributed by atoms with Crippen molar-refractivity contribution in [2.24, 2.45) is 0 Å². The Balaban J connectivity index is 2.39. The van der Waals surface area contributed by atoms with Crippen LogP contribution in [0.2, 0.25) is 0 Å². The van der Waals surface area contributed by atoms with Crippen LogP contribution in [0.15, 0.2) is 36.4 Å². The Morgan fingerprint density at radius 2 is 1.74 bits per heavy atom. The summed E-state index contributed by atoms with van der Waals surface area (Å²) in [6.07, 6.45) is 0. The van der Waals surface area contributed by atoms with Gasteiger partial charge in [-0.3, -0.25) is 0 Å². The monoisotopic (exact) mass is 394 g/mol. The van der Waals surface area contributed by atoms with Crippen LogP contribution in [0.25, 0.3) is 0 Å². The third kappa shape index (κ3) is 3.59. The summed E-state index contributed by atoms with van der Waals surface area (Å²) < 4.78 is 0. The zero-order valence-electron chi connectivity index (χ0n) is 11.1. The molecule has 0 aliphatic heterocycles. The molecule has 2 aromatic carbocycles. The Morgan fingerprint density at radius 1 is 0.947 bits per heavy atom. The summed E-state index contributed by atoms with van der Waals surface area (Å²) in [5.74, 6) is 0. The number of hydrogen-bond acceptors (Lipinski definition) is 0. The van der Waals surface area contributed by atoms with Gasteiger partial charge in [0.05, 0.1) is 0 Å². The Kier molecular flexibility index (Phi) is 5.43. The van der Waals surface area contributed by atoms with E-state index >= 15 is 0 Å². The molecule has 0 amide bonds. The minimum Gasteiger partial charge on any atom is -0.0876 e. The molecular formula is C16H16Br2Si. The second kappa shape index (κ2) is 6.87. The highest BCUT2D eigenvalue weighted by Gasteiger charge is 2.08. The first-order valence-corrected chi connectivity index (χ1v) is 9.47. The quantitative estimate of drug-likeness (QED) is 0.546. The smallest absolute Gasteiger partial charge is 0.0876 e. The molecule has 2 rings (SSSR count). The zero-order chi connectivity index (χ0) is 13.8. The van der Waals surface area contributed by atoms with E-state index in [4.69, 9.17) is 0 Å². The van der Waals surface area contributed by atoms with E-state index in [1.807, 2.05) is 0 Å². The number of benzene rings is 2. The van der Waals surface area contributed by atoms with Crippen LogP contribution in [0.1, 0.15) is 22.3 Å². The SMILES string of the molecule is Cc1cccc([Si]c2cc(CBr)ccc2CBr)c1C. The van der Waals surface area contributed by atoms with Crippen molar-refractivity contribution in [1.29, 1.82) is 0 Å². The number of halogens is 2. The molecular weight excluding hydrogens is 380 g/mol. The molecule has 0 spiro atoms. The van der Waals surface area contributed by atoms with Crippen LogP contribution in [-0.2, 0) is 10.7 Å². The van der Waals surface area contributed by atoms with Crippen molar-refractivity contribution in [2.75, 3.05) is 0 Å². The average molecular weight is 396 g/mol. The largest absolute Gasteiger partial charge is 0.122 e. The topological polar surface area (TPSA) is 0 Å². The predicted molar refractivity (Wildman–Crippen MR) is 92.6 cm³/mol. The van der Waals surface area contributed by atoms with Crippen LogP contribution < -0.4 is 10.4 Å². The van der Waals surface area contributed by atoms with Crippen LogP contribution >= 0.6 is 31.9 Å². The minimum absolute atomic E-state index is 0.726. The summed E-state index contributed by atoms with van der Waals surface area (Å²) in [4.78, 5) is 0. The van der Waals surface area contributed by atoms with Gasteiger partial charge >= 0.3 is 0 Å². The van der Waals surface area contributed by atoms with Crippen LogP contribution in [0.5, 0.6) is 0 Å². The highest BCUT2D eigenvalue weighted by Crippen LogP contribution is 2.09. The van der Waals surface area contributed by atoms with Crippen LogP contribution in [0.4, 0.5) is 0 Å². The third-order valence-electron chi connectivity index (χ3n) is 3.35. The molecule has 0 fully saturated rings. The van der Waals surface area contributed by atoms with Gasteiger partial charge in [0, 0.05) is 10.7 Å². The van der Waals surface area contributed by atoms with Gasteiger partial charge in [0.15, 0.2) is 0 Å². The lowest BCUT2D eigenvalue weighted by Crippen LogP contribution is -2.32. The van der Waals surface area contributed by atoms with Gasteiger partial charge in [-0.1, -0.05) is 78.6 Å². The van der Waals surface area contributed by atoms with Gasteiger partial charge in [0.25, 0.3) is 0 Å².